The van der Waals surface area contributed by atoms with E-state index in [9.17, 15) is 19.2 Å². The van der Waals surface area contributed by atoms with Crippen LogP contribution in [0, 0.1) is 13.8 Å². The molecule has 3 amide bonds. The fourth-order valence-corrected chi connectivity index (χ4v) is 5.13. The number of benzene rings is 1. The summed E-state index contributed by atoms with van der Waals surface area (Å²) in [6.45, 7) is 5.56. The summed E-state index contributed by atoms with van der Waals surface area (Å²) < 4.78 is 0. The lowest BCUT2D eigenvalue weighted by molar-refractivity contribution is -0.121. The third-order valence-electron chi connectivity index (χ3n) is 5.83. The summed E-state index contributed by atoms with van der Waals surface area (Å²) in [4.78, 5) is 58.2. The number of hydrogen-bond acceptors (Lipinski definition) is 6. The molecule has 1 aromatic heterocycles. The topological polar surface area (TPSA) is 124 Å². The highest BCUT2D eigenvalue weighted by Crippen LogP contribution is 2.29. The zero-order valence-corrected chi connectivity index (χ0v) is 20.0. The van der Waals surface area contributed by atoms with Crippen molar-refractivity contribution in [2.45, 2.75) is 44.9 Å². The van der Waals surface area contributed by atoms with E-state index in [0.29, 0.717) is 16.8 Å². The average molecular weight is 482 g/mol. The standard InChI is InChI=1S/C24H27N5O4S/c1-14-11-15(2)26-22(32)18(14)13-25-21(31)16-5-7-17(8-6-16)27-20(30)12-19-23(33)28-24(34-19)29-9-3-4-10-29/h5-8,11,19H,3-4,9-10,12-13H2,1-2H3,(H,25,31)(H,26,32)(H,27,30)/t19-/m0/s1. The zero-order chi connectivity index (χ0) is 24.2. The number of pyridine rings is 1. The number of H-pyrrole nitrogens is 1. The number of aromatic nitrogens is 1. The van der Waals surface area contributed by atoms with Crippen LogP contribution in [0.25, 0.3) is 0 Å². The molecule has 1 aromatic carbocycles. The van der Waals surface area contributed by atoms with Gasteiger partial charge in [0.05, 0.1) is 0 Å². The minimum Gasteiger partial charge on any atom is -0.351 e. The molecule has 1 atom stereocenters. The maximum Gasteiger partial charge on any atom is 0.262 e. The van der Waals surface area contributed by atoms with E-state index in [1.807, 2.05) is 13.0 Å². The first-order valence-corrected chi connectivity index (χ1v) is 12.1. The van der Waals surface area contributed by atoms with Crippen LogP contribution in [-0.4, -0.2) is 51.1 Å². The normalized spacial score (nSPS) is 17.6. The van der Waals surface area contributed by atoms with Gasteiger partial charge in [0.15, 0.2) is 5.17 Å². The van der Waals surface area contributed by atoms with Crippen molar-refractivity contribution >= 4 is 40.3 Å². The van der Waals surface area contributed by atoms with Gasteiger partial charge in [0.25, 0.3) is 17.4 Å². The molecule has 10 heteroatoms. The van der Waals surface area contributed by atoms with E-state index in [4.69, 9.17) is 0 Å². The van der Waals surface area contributed by atoms with Crippen LogP contribution in [0.1, 0.15) is 46.4 Å². The molecule has 4 rings (SSSR count). The van der Waals surface area contributed by atoms with Gasteiger partial charge in [-0.2, -0.15) is 4.99 Å². The van der Waals surface area contributed by atoms with Gasteiger partial charge in [-0.3, -0.25) is 19.2 Å². The van der Waals surface area contributed by atoms with Crippen LogP contribution >= 0.6 is 11.8 Å². The highest BCUT2D eigenvalue weighted by Gasteiger charge is 2.33. The molecule has 2 aliphatic heterocycles. The number of anilines is 1. The van der Waals surface area contributed by atoms with Gasteiger partial charge in [0, 0.05) is 48.6 Å². The number of carbonyl (C=O) groups excluding carboxylic acids is 3. The number of aromatic amines is 1. The van der Waals surface area contributed by atoms with E-state index >= 15 is 0 Å². The Kier molecular flexibility index (Phi) is 7.16. The van der Waals surface area contributed by atoms with Gasteiger partial charge < -0.3 is 20.5 Å². The van der Waals surface area contributed by atoms with E-state index < -0.39 is 5.25 Å². The first-order chi connectivity index (χ1) is 16.3. The fraction of sp³-hybridized carbons (Fsp3) is 0.375. The molecule has 0 spiro atoms. The third kappa shape index (κ3) is 5.56. The summed E-state index contributed by atoms with van der Waals surface area (Å²) in [7, 11) is 0. The second-order valence-electron chi connectivity index (χ2n) is 8.49. The molecule has 0 aliphatic carbocycles. The lowest BCUT2D eigenvalue weighted by atomic mass is 10.1. The summed E-state index contributed by atoms with van der Waals surface area (Å²) in [6.07, 6.45) is 2.23. The van der Waals surface area contributed by atoms with Gasteiger partial charge in [-0.1, -0.05) is 11.8 Å². The molecule has 9 nitrogen and oxygen atoms in total. The van der Waals surface area contributed by atoms with Crippen molar-refractivity contribution in [1.82, 2.24) is 15.2 Å². The number of aliphatic imine (C=N–C) groups is 1. The zero-order valence-electron chi connectivity index (χ0n) is 19.1. The van der Waals surface area contributed by atoms with Gasteiger partial charge in [-0.15, -0.1) is 0 Å². The van der Waals surface area contributed by atoms with Gasteiger partial charge in [0.1, 0.15) is 5.25 Å². The summed E-state index contributed by atoms with van der Waals surface area (Å²) >= 11 is 1.36. The number of hydrogen-bond donors (Lipinski definition) is 3. The van der Waals surface area contributed by atoms with Gasteiger partial charge in [0.2, 0.25) is 5.91 Å². The molecule has 0 radical (unpaired) electrons. The van der Waals surface area contributed by atoms with Gasteiger partial charge in [-0.25, -0.2) is 0 Å². The lowest BCUT2D eigenvalue weighted by Gasteiger charge is -2.16. The highest BCUT2D eigenvalue weighted by molar-refractivity contribution is 8.15. The lowest BCUT2D eigenvalue weighted by Crippen LogP contribution is -2.28. The third-order valence-corrected chi connectivity index (χ3v) is 7.04. The van der Waals surface area contributed by atoms with Crippen LogP contribution in [0.15, 0.2) is 40.1 Å². The smallest absolute Gasteiger partial charge is 0.262 e. The highest BCUT2D eigenvalue weighted by atomic mass is 32.2. The number of aryl methyl sites for hydroxylation is 2. The van der Waals surface area contributed by atoms with Crippen molar-refractivity contribution < 1.29 is 14.4 Å². The molecule has 0 unspecified atom stereocenters. The Balaban J connectivity index is 1.28. The van der Waals surface area contributed by atoms with Crippen molar-refractivity contribution in [3.05, 3.63) is 63.1 Å². The molecule has 1 fully saturated rings. The summed E-state index contributed by atoms with van der Waals surface area (Å²) in [5.74, 6) is -0.872. The van der Waals surface area contributed by atoms with Crippen LogP contribution in [0.4, 0.5) is 5.69 Å². The molecular formula is C24H27N5O4S. The molecule has 2 aliphatic rings. The number of nitrogens with zero attached hydrogens (tertiary/aromatic N) is 2. The average Bonchev–Trinajstić information content (AvgIpc) is 3.43. The van der Waals surface area contributed by atoms with Crippen LogP contribution in [-0.2, 0) is 16.1 Å². The van der Waals surface area contributed by atoms with Crippen LogP contribution in [0.5, 0.6) is 0 Å². The maximum absolute atomic E-state index is 12.5. The molecule has 0 saturated carbocycles. The Labute approximate surface area is 201 Å². The molecule has 0 bridgehead atoms. The van der Waals surface area contributed by atoms with Crippen molar-refractivity contribution in [3.63, 3.8) is 0 Å². The molecule has 2 aromatic rings. The van der Waals surface area contributed by atoms with Crippen LogP contribution in [0.2, 0.25) is 0 Å². The van der Waals surface area contributed by atoms with Crippen LogP contribution < -0.4 is 16.2 Å². The molecule has 3 N–H and O–H groups in total. The van der Waals surface area contributed by atoms with E-state index in [0.717, 1.165) is 42.4 Å². The maximum atomic E-state index is 12.5. The second kappa shape index (κ2) is 10.3. The Morgan fingerprint density at radius 2 is 1.85 bits per heavy atom. The quantitative estimate of drug-likeness (QED) is 0.582. The summed E-state index contributed by atoms with van der Waals surface area (Å²) in [5, 5.41) is 5.74. The van der Waals surface area contributed by atoms with E-state index in [2.05, 4.69) is 25.5 Å². The Morgan fingerprint density at radius 3 is 2.53 bits per heavy atom. The Hall–Kier alpha value is -3.40. The van der Waals surface area contributed by atoms with Crippen molar-refractivity contribution in [3.8, 4) is 0 Å². The number of nitrogens with one attached hydrogen (secondary N) is 3. The minimum absolute atomic E-state index is 0.0387. The van der Waals surface area contributed by atoms with Gasteiger partial charge in [-0.05, 0) is 62.6 Å². The van der Waals surface area contributed by atoms with Crippen LogP contribution in [0.3, 0.4) is 0 Å². The Bertz CT molecular complexity index is 1200. The molecule has 178 valence electrons. The van der Waals surface area contributed by atoms with Crippen molar-refractivity contribution in [2.24, 2.45) is 4.99 Å². The number of amides is 3. The molecular weight excluding hydrogens is 454 g/mol. The van der Waals surface area contributed by atoms with E-state index in [-0.39, 0.29) is 36.2 Å². The van der Waals surface area contributed by atoms with Crippen molar-refractivity contribution in [2.75, 3.05) is 18.4 Å². The molecule has 1 saturated heterocycles. The fourth-order valence-electron chi connectivity index (χ4n) is 4.01. The molecule has 34 heavy (non-hydrogen) atoms. The van der Waals surface area contributed by atoms with Crippen molar-refractivity contribution in [1.29, 1.82) is 0 Å². The summed E-state index contributed by atoms with van der Waals surface area (Å²) in [5.41, 5.74) is 2.82. The number of thioether (sulfide) groups is 1. The monoisotopic (exact) mass is 481 g/mol. The predicted molar refractivity (Wildman–Crippen MR) is 132 cm³/mol. The number of amidine groups is 1. The minimum atomic E-state index is -0.506. The Morgan fingerprint density at radius 1 is 1.15 bits per heavy atom. The first-order valence-electron chi connectivity index (χ1n) is 11.2. The first kappa shape index (κ1) is 23.7. The van der Waals surface area contributed by atoms with Gasteiger partial charge >= 0.3 is 0 Å². The number of rotatable bonds is 6. The number of likely N-dealkylation sites (tertiary alicyclic amines) is 1. The number of carbonyl (C=O) groups is 3. The largest absolute Gasteiger partial charge is 0.351 e. The molecule has 3 heterocycles. The summed E-state index contributed by atoms with van der Waals surface area (Å²) in [6, 6.07) is 8.32. The van der Waals surface area contributed by atoms with E-state index in [1.54, 1.807) is 31.2 Å². The second-order valence-corrected chi connectivity index (χ2v) is 9.66. The predicted octanol–water partition coefficient (Wildman–Crippen LogP) is 2.34. The SMILES string of the molecule is Cc1cc(C)c(CNC(=O)c2ccc(NC(=O)C[C@@H]3SC(N4CCCC4)=NC3=O)cc2)c(=O)[nH]1. The van der Waals surface area contributed by atoms with E-state index in [1.165, 1.54) is 11.8 Å².